The number of hydrogen-bond donors (Lipinski definition) is 1. The summed E-state index contributed by atoms with van der Waals surface area (Å²) in [5.74, 6) is -10.4. The molecule has 4 nitrogen and oxygen atoms in total. The molecule has 0 aromatic rings. The molecule has 1 fully saturated rings. The molecule has 1 saturated heterocycles. The molecule has 104 valence electrons. The van der Waals surface area contributed by atoms with Gasteiger partial charge in [0.15, 0.2) is 0 Å². The Morgan fingerprint density at radius 3 is 2.00 bits per heavy atom. The summed E-state index contributed by atoms with van der Waals surface area (Å²) in [5, 5.41) is 8.60. The highest BCUT2D eigenvalue weighted by atomic mass is 19.4. The van der Waals surface area contributed by atoms with E-state index in [9.17, 15) is 31.5 Å². The van der Waals surface area contributed by atoms with Crippen molar-refractivity contribution >= 4 is 11.9 Å². The third kappa shape index (κ3) is 2.39. The number of likely N-dealkylation sites (tertiary alicyclic amines) is 1. The molecule has 0 aliphatic carbocycles. The van der Waals surface area contributed by atoms with E-state index in [1.165, 1.54) is 6.92 Å². The van der Waals surface area contributed by atoms with Crippen molar-refractivity contribution in [1.29, 1.82) is 0 Å². The number of rotatable bonds is 3. The van der Waals surface area contributed by atoms with Crippen molar-refractivity contribution in [3.63, 3.8) is 0 Å². The average Bonchev–Trinajstić information content (AvgIpc) is 2.12. The maximum absolute atomic E-state index is 12.6. The first kappa shape index (κ1) is 14.7. The zero-order valence-corrected chi connectivity index (χ0v) is 9.17. The summed E-state index contributed by atoms with van der Waals surface area (Å²) in [5.41, 5.74) is 0. The Kier molecular flexibility index (Phi) is 3.55. The fraction of sp³-hybridized carbons (Fsp3) is 0.778. The van der Waals surface area contributed by atoms with Crippen LogP contribution in [0, 0.1) is 11.8 Å². The molecule has 1 heterocycles. The SMILES string of the molecule is CC(C(=O)O)C1CN(C(=O)C(F)(F)C(F)(F)F)C1. The van der Waals surface area contributed by atoms with E-state index < -0.39 is 48.9 Å². The molecule has 18 heavy (non-hydrogen) atoms. The van der Waals surface area contributed by atoms with E-state index in [2.05, 4.69) is 0 Å². The second kappa shape index (κ2) is 4.36. The van der Waals surface area contributed by atoms with Crippen molar-refractivity contribution in [1.82, 2.24) is 4.90 Å². The number of aliphatic carboxylic acids is 1. The molecular weight excluding hydrogens is 265 g/mol. The maximum atomic E-state index is 12.6. The minimum atomic E-state index is -5.94. The van der Waals surface area contributed by atoms with Crippen LogP contribution in [0.2, 0.25) is 0 Å². The van der Waals surface area contributed by atoms with Crippen molar-refractivity contribution in [2.45, 2.75) is 19.0 Å². The van der Waals surface area contributed by atoms with Gasteiger partial charge in [-0.3, -0.25) is 9.59 Å². The van der Waals surface area contributed by atoms with Crippen molar-refractivity contribution in [3.8, 4) is 0 Å². The van der Waals surface area contributed by atoms with Crippen LogP contribution in [0.4, 0.5) is 22.0 Å². The van der Waals surface area contributed by atoms with Gasteiger partial charge in [0.25, 0.3) is 0 Å². The first-order chi connectivity index (χ1) is 7.98. The van der Waals surface area contributed by atoms with Crippen molar-refractivity contribution in [2.75, 3.05) is 13.1 Å². The molecule has 9 heteroatoms. The molecule has 0 aromatic carbocycles. The zero-order valence-electron chi connectivity index (χ0n) is 9.17. The van der Waals surface area contributed by atoms with Gasteiger partial charge in [-0.25, -0.2) is 0 Å². The average molecular weight is 275 g/mol. The van der Waals surface area contributed by atoms with E-state index in [0.717, 1.165) is 0 Å². The quantitative estimate of drug-likeness (QED) is 0.791. The summed E-state index contributed by atoms with van der Waals surface area (Å²) >= 11 is 0. The second-order valence-corrected chi connectivity index (χ2v) is 4.17. The molecule has 0 saturated carbocycles. The number of amides is 1. The highest BCUT2D eigenvalue weighted by Gasteiger charge is 2.65. The molecule has 0 bridgehead atoms. The minimum absolute atomic E-state index is 0.317. The van der Waals surface area contributed by atoms with E-state index in [4.69, 9.17) is 5.11 Å². The van der Waals surface area contributed by atoms with Crippen LogP contribution in [0.1, 0.15) is 6.92 Å². The lowest BCUT2D eigenvalue weighted by Crippen LogP contribution is -2.61. The summed E-state index contributed by atoms with van der Waals surface area (Å²) in [6, 6.07) is 0. The predicted molar refractivity (Wildman–Crippen MR) is 47.9 cm³/mol. The number of carbonyl (C=O) groups is 2. The van der Waals surface area contributed by atoms with Gasteiger partial charge in [0.05, 0.1) is 5.92 Å². The first-order valence-corrected chi connectivity index (χ1v) is 4.95. The van der Waals surface area contributed by atoms with Crippen LogP contribution in [0.25, 0.3) is 0 Å². The molecule has 1 aliphatic heterocycles. The van der Waals surface area contributed by atoms with Crippen LogP contribution in [0.15, 0.2) is 0 Å². The normalized spacial score (nSPS) is 19.3. The Labute approximate surface area is 98.4 Å². The van der Waals surface area contributed by atoms with Crippen LogP contribution >= 0.6 is 0 Å². The van der Waals surface area contributed by atoms with Gasteiger partial charge in [0, 0.05) is 19.0 Å². The van der Waals surface area contributed by atoms with Gasteiger partial charge in [-0.15, -0.1) is 0 Å². The fourth-order valence-electron chi connectivity index (χ4n) is 1.52. The number of nitrogens with zero attached hydrogens (tertiary/aromatic N) is 1. The van der Waals surface area contributed by atoms with Crippen LogP contribution in [-0.2, 0) is 9.59 Å². The molecule has 1 atom stereocenters. The first-order valence-electron chi connectivity index (χ1n) is 4.95. The largest absolute Gasteiger partial charge is 0.481 e. The highest BCUT2D eigenvalue weighted by molar-refractivity contribution is 5.85. The molecular formula is C9H10F5NO3. The van der Waals surface area contributed by atoms with E-state index in [-0.39, 0.29) is 0 Å². The van der Waals surface area contributed by atoms with E-state index in [0.29, 0.717) is 4.90 Å². The minimum Gasteiger partial charge on any atom is -0.481 e. The second-order valence-electron chi connectivity index (χ2n) is 4.17. The predicted octanol–water partition coefficient (Wildman–Crippen LogP) is 1.36. The Bertz CT molecular complexity index is 362. The summed E-state index contributed by atoms with van der Waals surface area (Å²) in [4.78, 5) is 21.8. The van der Waals surface area contributed by atoms with Gasteiger partial charge in [-0.2, -0.15) is 22.0 Å². The number of halogens is 5. The van der Waals surface area contributed by atoms with Gasteiger partial charge >= 0.3 is 24.0 Å². The number of carbonyl (C=O) groups excluding carboxylic acids is 1. The van der Waals surface area contributed by atoms with Crippen LogP contribution < -0.4 is 0 Å². The van der Waals surface area contributed by atoms with Crippen LogP contribution in [-0.4, -0.2) is 47.1 Å². The summed E-state index contributed by atoms with van der Waals surface area (Å²) < 4.78 is 61.0. The fourth-order valence-corrected chi connectivity index (χ4v) is 1.52. The van der Waals surface area contributed by atoms with E-state index in [1.807, 2.05) is 0 Å². The van der Waals surface area contributed by atoms with Crippen LogP contribution in [0.3, 0.4) is 0 Å². The lowest BCUT2D eigenvalue weighted by molar-refractivity contribution is -0.276. The van der Waals surface area contributed by atoms with Gasteiger partial charge < -0.3 is 10.0 Å². The number of hydrogen-bond acceptors (Lipinski definition) is 2. The molecule has 1 aliphatic rings. The van der Waals surface area contributed by atoms with Gasteiger partial charge in [0.2, 0.25) is 0 Å². The molecule has 1 unspecified atom stereocenters. The molecule has 1 N–H and O–H groups in total. The van der Waals surface area contributed by atoms with E-state index in [1.54, 1.807) is 0 Å². The van der Waals surface area contributed by atoms with Crippen molar-refractivity contribution < 1.29 is 36.6 Å². The lowest BCUT2D eigenvalue weighted by atomic mass is 9.86. The van der Waals surface area contributed by atoms with Crippen LogP contribution in [0.5, 0.6) is 0 Å². The van der Waals surface area contributed by atoms with Gasteiger partial charge in [0.1, 0.15) is 0 Å². The number of carboxylic acid groups (broad SMARTS) is 1. The number of alkyl halides is 5. The molecule has 1 amide bonds. The Morgan fingerprint density at radius 1 is 1.22 bits per heavy atom. The Hall–Kier alpha value is -1.41. The summed E-state index contributed by atoms with van der Waals surface area (Å²) in [6.07, 6.45) is -5.94. The number of carboxylic acids is 1. The molecule has 0 spiro atoms. The lowest BCUT2D eigenvalue weighted by Gasteiger charge is -2.42. The van der Waals surface area contributed by atoms with Gasteiger partial charge in [-0.1, -0.05) is 6.92 Å². The zero-order chi connectivity index (χ0) is 14.3. The standard InChI is InChI=1S/C9H10F5NO3/c1-4(6(16)17)5-2-15(3-5)7(18)8(10,11)9(12,13)14/h4-5H,2-3H2,1H3,(H,16,17). The topological polar surface area (TPSA) is 57.6 Å². The smallest absolute Gasteiger partial charge is 0.463 e. The highest BCUT2D eigenvalue weighted by Crippen LogP contribution is 2.39. The Morgan fingerprint density at radius 2 is 1.67 bits per heavy atom. The maximum Gasteiger partial charge on any atom is 0.463 e. The van der Waals surface area contributed by atoms with Crippen molar-refractivity contribution in [2.24, 2.45) is 11.8 Å². The molecule has 0 radical (unpaired) electrons. The monoisotopic (exact) mass is 275 g/mol. The van der Waals surface area contributed by atoms with E-state index >= 15 is 0 Å². The van der Waals surface area contributed by atoms with Crippen molar-refractivity contribution in [3.05, 3.63) is 0 Å². The Balaban J connectivity index is 2.62. The molecule has 0 aromatic heterocycles. The summed E-state index contributed by atoms with van der Waals surface area (Å²) in [7, 11) is 0. The third-order valence-electron chi connectivity index (χ3n) is 2.92. The summed E-state index contributed by atoms with van der Waals surface area (Å²) in [6.45, 7) is 0.493. The van der Waals surface area contributed by atoms with Gasteiger partial charge in [-0.05, 0) is 0 Å². The molecule has 1 rings (SSSR count). The third-order valence-corrected chi connectivity index (χ3v) is 2.92.